The molecule has 0 saturated carbocycles. The molecule has 126 valence electrons. The Hall–Kier alpha value is -2.14. The Balaban J connectivity index is 1.99. The first-order chi connectivity index (χ1) is 11.2. The first-order valence-electron chi connectivity index (χ1n) is 6.46. The Labute approximate surface area is 142 Å². The lowest BCUT2D eigenvalue weighted by atomic mass is 10.2. The summed E-state index contributed by atoms with van der Waals surface area (Å²) in [6.45, 7) is 0. The van der Waals surface area contributed by atoms with Crippen LogP contribution in [0.1, 0.15) is 0 Å². The van der Waals surface area contributed by atoms with E-state index in [1.165, 1.54) is 0 Å². The number of nitrogens with one attached hydrogen (secondary N) is 2. The van der Waals surface area contributed by atoms with E-state index in [-0.39, 0.29) is 15.6 Å². The number of para-hydroxylation sites is 1. The molecule has 1 aromatic carbocycles. The lowest BCUT2D eigenvalue weighted by molar-refractivity contribution is 0.592. The van der Waals surface area contributed by atoms with Crippen LogP contribution in [-0.4, -0.2) is 26.8 Å². The Morgan fingerprint density at radius 3 is 2.50 bits per heavy atom. The molecule has 0 aliphatic heterocycles. The highest BCUT2D eigenvalue weighted by Crippen LogP contribution is 2.29. The summed E-state index contributed by atoms with van der Waals surface area (Å²) in [6, 6.07) is 7.08. The molecular weight excluding hydrogens is 376 g/mol. The van der Waals surface area contributed by atoms with Gasteiger partial charge in [-0.3, -0.25) is 4.72 Å². The van der Waals surface area contributed by atoms with Gasteiger partial charge in [-0.25, -0.2) is 18.5 Å². The molecule has 0 atom stereocenters. The van der Waals surface area contributed by atoms with Crippen molar-refractivity contribution < 1.29 is 16.8 Å². The molecule has 2 aromatic heterocycles. The number of hydrogen-bond acceptors (Lipinski definition) is 5. The van der Waals surface area contributed by atoms with Crippen LogP contribution < -0.4 is 9.86 Å². The zero-order valence-electron chi connectivity index (χ0n) is 11.9. The summed E-state index contributed by atoms with van der Waals surface area (Å²) in [6.07, 6.45) is 2.43. The number of fused-ring (bicyclic) bond motifs is 1. The fourth-order valence-corrected chi connectivity index (χ4v) is 3.77. The largest absolute Gasteiger partial charge is 0.358 e. The van der Waals surface area contributed by atoms with Gasteiger partial charge in [0.2, 0.25) is 10.0 Å². The maximum atomic E-state index is 12.4. The summed E-state index contributed by atoms with van der Waals surface area (Å²) in [7, 11) is -7.97. The minimum atomic E-state index is -4.02. The van der Waals surface area contributed by atoms with Crippen molar-refractivity contribution in [1.82, 2.24) is 9.97 Å². The number of benzene rings is 1. The van der Waals surface area contributed by atoms with Gasteiger partial charge in [0.25, 0.3) is 10.0 Å². The molecule has 0 aliphatic rings. The molecule has 3 rings (SSSR count). The molecule has 0 unspecified atom stereocenters. The third-order valence-corrected chi connectivity index (χ3v) is 5.71. The van der Waals surface area contributed by atoms with Crippen molar-refractivity contribution in [3.05, 3.63) is 47.7 Å². The van der Waals surface area contributed by atoms with Crippen molar-refractivity contribution in [1.29, 1.82) is 0 Å². The van der Waals surface area contributed by atoms with Crippen LogP contribution in [0.2, 0.25) is 5.02 Å². The van der Waals surface area contributed by atoms with E-state index in [0.717, 1.165) is 18.3 Å². The average Bonchev–Trinajstić information content (AvgIpc) is 2.89. The zero-order valence-corrected chi connectivity index (χ0v) is 14.3. The molecular formula is C13H11ClN4O4S2. The predicted molar refractivity (Wildman–Crippen MR) is 89.7 cm³/mol. The number of aromatic amines is 1. The summed E-state index contributed by atoms with van der Waals surface area (Å²) < 4.78 is 49.6. The molecule has 0 bridgehead atoms. The number of sulfonamides is 2. The number of nitrogens with zero attached hydrogens (tertiary/aromatic N) is 1. The fourth-order valence-electron chi connectivity index (χ4n) is 2.10. The lowest BCUT2D eigenvalue weighted by Crippen LogP contribution is -2.16. The summed E-state index contributed by atoms with van der Waals surface area (Å²) in [5.41, 5.74) is 0.809. The topological polar surface area (TPSA) is 135 Å². The number of nitrogens with two attached hydrogens (primary N) is 1. The maximum absolute atomic E-state index is 12.4. The molecule has 0 spiro atoms. The van der Waals surface area contributed by atoms with Gasteiger partial charge >= 0.3 is 0 Å². The molecule has 3 aromatic rings. The molecule has 0 saturated heterocycles. The van der Waals surface area contributed by atoms with E-state index in [1.807, 2.05) is 0 Å². The van der Waals surface area contributed by atoms with Gasteiger partial charge < -0.3 is 4.98 Å². The van der Waals surface area contributed by atoms with Crippen LogP contribution in [0.5, 0.6) is 0 Å². The van der Waals surface area contributed by atoms with Gasteiger partial charge in [-0.2, -0.15) is 8.42 Å². The van der Waals surface area contributed by atoms with E-state index in [4.69, 9.17) is 16.7 Å². The van der Waals surface area contributed by atoms with Crippen molar-refractivity contribution in [2.75, 3.05) is 4.72 Å². The second-order valence-electron chi connectivity index (χ2n) is 4.85. The number of pyridine rings is 1. The normalized spacial score (nSPS) is 12.4. The molecule has 0 aliphatic carbocycles. The van der Waals surface area contributed by atoms with Gasteiger partial charge in [0.1, 0.15) is 4.90 Å². The summed E-state index contributed by atoms with van der Waals surface area (Å²) in [5.74, 6) is 0. The molecule has 0 amide bonds. The quantitative estimate of drug-likeness (QED) is 0.626. The van der Waals surface area contributed by atoms with Crippen molar-refractivity contribution in [3.8, 4) is 0 Å². The van der Waals surface area contributed by atoms with Crippen LogP contribution in [0, 0.1) is 0 Å². The second kappa shape index (κ2) is 5.74. The third-order valence-electron chi connectivity index (χ3n) is 3.22. The Kier molecular flexibility index (Phi) is 4.00. The van der Waals surface area contributed by atoms with E-state index in [2.05, 4.69) is 14.7 Å². The van der Waals surface area contributed by atoms with Crippen LogP contribution in [0.15, 0.2) is 52.6 Å². The maximum Gasteiger partial charge on any atom is 0.279 e. The first kappa shape index (κ1) is 16.7. The smallest absolute Gasteiger partial charge is 0.279 e. The SMILES string of the molecule is NS(=O)(=O)c1ccc(S(=O)(=O)Nc2cccc3c(Cl)c[nH]c23)nc1. The van der Waals surface area contributed by atoms with Crippen molar-refractivity contribution in [2.45, 2.75) is 9.92 Å². The van der Waals surface area contributed by atoms with Gasteiger partial charge in [-0.15, -0.1) is 0 Å². The molecule has 4 N–H and O–H groups in total. The Morgan fingerprint density at radius 1 is 1.12 bits per heavy atom. The highest BCUT2D eigenvalue weighted by molar-refractivity contribution is 7.92. The van der Waals surface area contributed by atoms with Gasteiger partial charge in [0.05, 0.1) is 16.2 Å². The number of halogens is 1. The molecule has 0 radical (unpaired) electrons. The van der Waals surface area contributed by atoms with Gasteiger partial charge in [-0.1, -0.05) is 23.7 Å². The number of rotatable bonds is 4. The number of aromatic nitrogens is 2. The number of primary sulfonamides is 1. The molecule has 2 heterocycles. The lowest BCUT2D eigenvalue weighted by Gasteiger charge is -2.09. The highest BCUT2D eigenvalue weighted by atomic mass is 35.5. The van der Waals surface area contributed by atoms with Crippen molar-refractivity contribution in [3.63, 3.8) is 0 Å². The van der Waals surface area contributed by atoms with Crippen molar-refractivity contribution in [2.24, 2.45) is 5.14 Å². The second-order valence-corrected chi connectivity index (χ2v) is 8.45. The van der Waals surface area contributed by atoms with Crippen LogP contribution in [0.3, 0.4) is 0 Å². The average molecular weight is 387 g/mol. The third kappa shape index (κ3) is 3.08. The minimum Gasteiger partial charge on any atom is -0.358 e. The summed E-state index contributed by atoms with van der Waals surface area (Å²) >= 11 is 6.00. The first-order valence-corrected chi connectivity index (χ1v) is 9.86. The van der Waals surface area contributed by atoms with E-state index in [9.17, 15) is 16.8 Å². The van der Waals surface area contributed by atoms with E-state index in [0.29, 0.717) is 15.9 Å². The van der Waals surface area contributed by atoms with E-state index in [1.54, 1.807) is 24.4 Å². The van der Waals surface area contributed by atoms with Crippen LogP contribution in [0.25, 0.3) is 10.9 Å². The van der Waals surface area contributed by atoms with Gasteiger partial charge in [0, 0.05) is 17.8 Å². The van der Waals surface area contributed by atoms with Crippen molar-refractivity contribution >= 4 is 48.2 Å². The van der Waals surface area contributed by atoms with E-state index >= 15 is 0 Å². The molecule has 11 heteroatoms. The Morgan fingerprint density at radius 2 is 1.88 bits per heavy atom. The monoisotopic (exact) mass is 386 g/mol. The van der Waals surface area contributed by atoms with Crippen LogP contribution in [-0.2, 0) is 20.0 Å². The minimum absolute atomic E-state index is 0.278. The highest BCUT2D eigenvalue weighted by Gasteiger charge is 2.19. The number of anilines is 1. The molecule has 8 nitrogen and oxygen atoms in total. The molecule has 0 fully saturated rings. The summed E-state index contributed by atoms with van der Waals surface area (Å²) in [5, 5.41) is 5.73. The fraction of sp³-hybridized carbons (Fsp3) is 0. The standard InChI is InChI=1S/C13H11ClN4O4S2/c14-10-7-17-13-9(10)2-1-3-11(13)18-24(21,22)12-5-4-8(6-16-12)23(15,19)20/h1-7,17-18H,(H2,15,19,20). The number of hydrogen-bond donors (Lipinski definition) is 3. The van der Waals surface area contributed by atoms with Crippen LogP contribution in [0.4, 0.5) is 5.69 Å². The predicted octanol–water partition coefficient (Wildman–Crippen LogP) is 1.66. The zero-order chi connectivity index (χ0) is 17.5. The Bertz CT molecular complexity index is 1120. The number of H-pyrrole nitrogens is 1. The van der Waals surface area contributed by atoms with Crippen LogP contribution >= 0.6 is 11.6 Å². The van der Waals surface area contributed by atoms with Gasteiger partial charge in [-0.05, 0) is 18.2 Å². The van der Waals surface area contributed by atoms with E-state index < -0.39 is 20.0 Å². The molecule has 24 heavy (non-hydrogen) atoms. The van der Waals surface area contributed by atoms with Gasteiger partial charge in [0.15, 0.2) is 5.03 Å². The summed E-state index contributed by atoms with van der Waals surface area (Å²) in [4.78, 5) is 6.26.